The second-order valence-corrected chi connectivity index (χ2v) is 7.45. The van der Waals surface area contributed by atoms with Crippen LogP contribution in [0.5, 0.6) is 0 Å². The molecule has 3 rings (SSSR count). The van der Waals surface area contributed by atoms with E-state index in [-0.39, 0.29) is 12.0 Å². The SMILES string of the molecule is Cc1ccc(N[C@H](c2ccc(C)cc2)[C@H]2CSCCC2=O)cc1. The Bertz CT molecular complexity index is 663. The number of anilines is 1. The number of aryl methyl sites for hydroxylation is 2. The summed E-state index contributed by atoms with van der Waals surface area (Å²) in [6, 6.07) is 17.0. The van der Waals surface area contributed by atoms with Gasteiger partial charge in [-0.25, -0.2) is 0 Å². The Morgan fingerprint density at radius 3 is 2.22 bits per heavy atom. The zero-order valence-electron chi connectivity index (χ0n) is 13.7. The highest BCUT2D eigenvalue weighted by atomic mass is 32.2. The zero-order chi connectivity index (χ0) is 16.2. The molecule has 3 heteroatoms. The lowest BCUT2D eigenvalue weighted by atomic mass is 9.89. The number of benzene rings is 2. The first-order valence-corrected chi connectivity index (χ1v) is 9.29. The van der Waals surface area contributed by atoms with E-state index in [4.69, 9.17) is 0 Å². The maximum Gasteiger partial charge on any atom is 0.140 e. The molecule has 0 aromatic heterocycles. The predicted molar refractivity (Wildman–Crippen MR) is 99.2 cm³/mol. The molecule has 0 amide bonds. The van der Waals surface area contributed by atoms with Crippen molar-refractivity contribution >= 4 is 23.2 Å². The minimum Gasteiger partial charge on any atom is -0.377 e. The van der Waals surface area contributed by atoms with E-state index in [0.29, 0.717) is 12.2 Å². The molecule has 23 heavy (non-hydrogen) atoms. The van der Waals surface area contributed by atoms with Crippen molar-refractivity contribution in [1.82, 2.24) is 0 Å². The number of rotatable bonds is 4. The molecular weight excluding hydrogens is 302 g/mol. The molecule has 0 spiro atoms. The summed E-state index contributed by atoms with van der Waals surface area (Å²) in [4.78, 5) is 12.5. The fourth-order valence-corrected chi connectivity index (χ4v) is 4.11. The van der Waals surface area contributed by atoms with Crippen molar-refractivity contribution in [1.29, 1.82) is 0 Å². The number of carbonyl (C=O) groups excluding carboxylic acids is 1. The lowest BCUT2D eigenvalue weighted by Gasteiger charge is -2.31. The van der Waals surface area contributed by atoms with Crippen LogP contribution in [0.15, 0.2) is 48.5 Å². The molecule has 1 saturated heterocycles. The number of thioether (sulfide) groups is 1. The summed E-state index contributed by atoms with van der Waals surface area (Å²) in [5.74, 6) is 2.28. The first-order chi connectivity index (χ1) is 11.1. The Labute approximate surface area is 142 Å². The van der Waals surface area contributed by atoms with Gasteiger partial charge >= 0.3 is 0 Å². The standard InChI is InChI=1S/C20H23NOS/c1-14-3-7-16(8-4-14)20(18-13-23-12-11-19(18)22)21-17-9-5-15(2)6-10-17/h3-10,18,20-21H,11-13H2,1-2H3/t18-,20+/m0/s1. The van der Waals surface area contributed by atoms with Crippen LogP contribution in [-0.2, 0) is 4.79 Å². The van der Waals surface area contributed by atoms with Gasteiger partial charge in [0, 0.05) is 23.6 Å². The summed E-state index contributed by atoms with van der Waals surface area (Å²) in [6.45, 7) is 4.18. The molecule has 0 radical (unpaired) electrons. The Hall–Kier alpha value is -1.74. The van der Waals surface area contributed by atoms with Crippen LogP contribution < -0.4 is 5.32 Å². The van der Waals surface area contributed by atoms with E-state index in [0.717, 1.165) is 17.2 Å². The van der Waals surface area contributed by atoms with Gasteiger partial charge in [-0.15, -0.1) is 0 Å². The van der Waals surface area contributed by atoms with Gasteiger partial charge < -0.3 is 5.32 Å². The van der Waals surface area contributed by atoms with Gasteiger partial charge in [0.1, 0.15) is 5.78 Å². The van der Waals surface area contributed by atoms with Crippen LogP contribution in [0.25, 0.3) is 0 Å². The number of nitrogens with one attached hydrogen (secondary N) is 1. The highest BCUT2D eigenvalue weighted by Crippen LogP contribution is 2.34. The van der Waals surface area contributed by atoms with E-state index in [2.05, 4.69) is 67.7 Å². The molecule has 1 N–H and O–H groups in total. The normalized spacial score (nSPS) is 19.4. The van der Waals surface area contributed by atoms with Gasteiger partial charge in [0.2, 0.25) is 0 Å². The summed E-state index contributed by atoms with van der Waals surface area (Å²) in [5.41, 5.74) is 4.75. The molecule has 0 bridgehead atoms. The smallest absolute Gasteiger partial charge is 0.140 e. The highest BCUT2D eigenvalue weighted by molar-refractivity contribution is 7.99. The summed E-state index contributed by atoms with van der Waals surface area (Å²) in [7, 11) is 0. The molecule has 0 unspecified atom stereocenters. The topological polar surface area (TPSA) is 29.1 Å². The lowest BCUT2D eigenvalue weighted by molar-refractivity contribution is -0.122. The summed E-state index contributed by atoms with van der Waals surface area (Å²) < 4.78 is 0. The maximum atomic E-state index is 12.5. The van der Waals surface area contributed by atoms with E-state index in [1.807, 2.05) is 11.8 Å². The zero-order valence-corrected chi connectivity index (χ0v) is 14.5. The van der Waals surface area contributed by atoms with E-state index in [1.54, 1.807) is 0 Å². The lowest BCUT2D eigenvalue weighted by Crippen LogP contribution is -2.32. The third-order valence-electron chi connectivity index (χ3n) is 4.42. The minimum absolute atomic E-state index is 0.0396. The molecule has 1 fully saturated rings. The first-order valence-electron chi connectivity index (χ1n) is 8.14. The fourth-order valence-electron chi connectivity index (χ4n) is 2.96. The van der Waals surface area contributed by atoms with Crippen LogP contribution in [-0.4, -0.2) is 17.3 Å². The molecular formula is C20H23NOS. The Morgan fingerprint density at radius 2 is 1.61 bits per heavy atom. The largest absolute Gasteiger partial charge is 0.377 e. The Morgan fingerprint density at radius 1 is 1.00 bits per heavy atom. The van der Waals surface area contributed by atoms with Crippen LogP contribution in [0.2, 0.25) is 0 Å². The Kier molecular flexibility index (Phi) is 5.06. The first kappa shape index (κ1) is 16.1. The fraction of sp³-hybridized carbons (Fsp3) is 0.350. The van der Waals surface area contributed by atoms with Gasteiger partial charge in [-0.3, -0.25) is 4.79 Å². The molecule has 2 atom stereocenters. The molecule has 1 heterocycles. The second-order valence-electron chi connectivity index (χ2n) is 6.30. The van der Waals surface area contributed by atoms with Gasteiger partial charge in [0.05, 0.1) is 12.0 Å². The monoisotopic (exact) mass is 325 g/mol. The van der Waals surface area contributed by atoms with Gasteiger partial charge in [-0.1, -0.05) is 47.5 Å². The van der Waals surface area contributed by atoms with Crippen molar-refractivity contribution in [2.75, 3.05) is 16.8 Å². The Balaban J connectivity index is 1.90. The average molecular weight is 325 g/mol. The molecule has 120 valence electrons. The van der Waals surface area contributed by atoms with Crippen molar-refractivity contribution in [3.8, 4) is 0 Å². The quantitative estimate of drug-likeness (QED) is 0.877. The average Bonchev–Trinajstić information content (AvgIpc) is 2.56. The van der Waals surface area contributed by atoms with Crippen LogP contribution in [0.1, 0.15) is 29.2 Å². The van der Waals surface area contributed by atoms with Gasteiger partial charge in [-0.05, 0) is 31.5 Å². The second kappa shape index (κ2) is 7.22. The third-order valence-corrected chi connectivity index (χ3v) is 5.50. The number of Topliss-reactive ketones (excluding diaryl/α,β-unsaturated/α-hetero) is 1. The molecule has 2 aromatic rings. The summed E-state index contributed by atoms with van der Waals surface area (Å²) in [6.07, 6.45) is 0.688. The van der Waals surface area contributed by atoms with Crippen LogP contribution >= 0.6 is 11.8 Å². The van der Waals surface area contributed by atoms with E-state index < -0.39 is 0 Å². The van der Waals surface area contributed by atoms with Crippen LogP contribution in [0, 0.1) is 19.8 Å². The van der Waals surface area contributed by atoms with E-state index in [9.17, 15) is 4.79 Å². The summed E-state index contributed by atoms with van der Waals surface area (Å²) in [5, 5.41) is 3.61. The molecule has 2 nitrogen and oxygen atoms in total. The van der Waals surface area contributed by atoms with Gasteiger partial charge in [0.25, 0.3) is 0 Å². The van der Waals surface area contributed by atoms with Crippen molar-refractivity contribution in [3.63, 3.8) is 0 Å². The summed E-state index contributed by atoms with van der Waals surface area (Å²) >= 11 is 1.89. The third kappa shape index (κ3) is 3.97. The molecule has 1 aliphatic heterocycles. The number of hydrogen-bond acceptors (Lipinski definition) is 3. The minimum atomic E-state index is 0.0396. The van der Waals surface area contributed by atoms with Crippen molar-refractivity contribution in [2.24, 2.45) is 5.92 Å². The van der Waals surface area contributed by atoms with E-state index >= 15 is 0 Å². The van der Waals surface area contributed by atoms with Crippen molar-refractivity contribution < 1.29 is 4.79 Å². The highest BCUT2D eigenvalue weighted by Gasteiger charge is 2.31. The molecule has 0 saturated carbocycles. The predicted octanol–water partition coefficient (Wildman–Crippen LogP) is 4.78. The van der Waals surface area contributed by atoms with Crippen molar-refractivity contribution in [2.45, 2.75) is 26.3 Å². The number of ketones is 1. The number of carbonyl (C=O) groups is 1. The van der Waals surface area contributed by atoms with Crippen LogP contribution in [0.4, 0.5) is 5.69 Å². The maximum absolute atomic E-state index is 12.5. The van der Waals surface area contributed by atoms with Gasteiger partial charge in [-0.2, -0.15) is 11.8 Å². The van der Waals surface area contributed by atoms with Crippen LogP contribution in [0.3, 0.4) is 0 Å². The molecule has 2 aromatic carbocycles. The van der Waals surface area contributed by atoms with Gasteiger partial charge in [0.15, 0.2) is 0 Å². The molecule has 1 aliphatic rings. The molecule has 0 aliphatic carbocycles. The van der Waals surface area contributed by atoms with E-state index in [1.165, 1.54) is 16.7 Å². The number of hydrogen-bond donors (Lipinski definition) is 1. The van der Waals surface area contributed by atoms with Crippen molar-refractivity contribution in [3.05, 3.63) is 65.2 Å².